The lowest BCUT2D eigenvalue weighted by Crippen LogP contribution is -1.93. The summed E-state index contributed by atoms with van der Waals surface area (Å²) in [5.41, 5.74) is 6.24. The Bertz CT molecular complexity index is 1800. The van der Waals surface area contributed by atoms with Crippen LogP contribution in [0.2, 0.25) is 0 Å². The van der Waals surface area contributed by atoms with Gasteiger partial charge in [-0.1, -0.05) is 66.7 Å². The van der Waals surface area contributed by atoms with Crippen molar-refractivity contribution in [3.63, 3.8) is 0 Å². The molecule has 2 aromatic heterocycles. The van der Waals surface area contributed by atoms with Gasteiger partial charge in [0.15, 0.2) is 0 Å². The zero-order valence-corrected chi connectivity index (χ0v) is 17.2. The molecule has 0 aliphatic rings. The molecule has 0 radical (unpaired) electrons. The molecule has 0 unspecified atom stereocenters. The van der Waals surface area contributed by atoms with Gasteiger partial charge in [0.05, 0.1) is 11.0 Å². The summed E-state index contributed by atoms with van der Waals surface area (Å²) in [6.07, 6.45) is 0. The Morgan fingerprint density at radius 3 is 1.90 bits per heavy atom. The Hall–Kier alpha value is -4.04. The summed E-state index contributed by atoms with van der Waals surface area (Å²) >= 11 is 0. The highest BCUT2D eigenvalue weighted by Gasteiger charge is 2.16. The van der Waals surface area contributed by atoms with Gasteiger partial charge >= 0.3 is 0 Å². The second kappa shape index (κ2) is 5.99. The van der Waals surface area contributed by atoms with E-state index in [-0.39, 0.29) is 0 Å². The number of fused-ring (bicyclic) bond motifs is 7. The molecule has 2 heteroatoms. The van der Waals surface area contributed by atoms with E-state index in [0.29, 0.717) is 0 Å². The molecule has 0 N–H and O–H groups in total. The zero-order chi connectivity index (χ0) is 20.5. The van der Waals surface area contributed by atoms with Crippen molar-refractivity contribution in [2.24, 2.45) is 7.05 Å². The van der Waals surface area contributed by atoms with Crippen LogP contribution in [-0.4, -0.2) is 9.13 Å². The minimum absolute atomic E-state index is 1.20. The van der Waals surface area contributed by atoms with Crippen molar-refractivity contribution in [3.05, 3.63) is 103 Å². The average molecular weight is 396 g/mol. The van der Waals surface area contributed by atoms with Gasteiger partial charge < -0.3 is 9.13 Å². The highest BCUT2D eigenvalue weighted by Crippen LogP contribution is 2.38. The number of rotatable bonds is 1. The lowest BCUT2D eigenvalue weighted by atomic mass is 10.1. The van der Waals surface area contributed by atoms with Gasteiger partial charge in [0.1, 0.15) is 0 Å². The molecule has 7 rings (SSSR count). The Morgan fingerprint density at radius 2 is 1.06 bits per heavy atom. The molecule has 0 bridgehead atoms. The second-order valence-corrected chi connectivity index (χ2v) is 8.35. The largest absolute Gasteiger partial charge is 0.344 e. The van der Waals surface area contributed by atoms with Gasteiger partial charge in [-0.25, -0.2) is 0 Å². The predicted molar refractivity (Wildman–Crippen MR) is 132 cm³/mol. The maximum absolute atomic E-state index is 2.42. The van der Waals surface area contributed by atoms with Crippen molar-refractivity contribution in [2.45, 2.75) is 0 Å². The van der Waals surface area contributed by atoms with Crippen LogP contribution in [-0.2, 0) is 7.05 Å². The highest BCUT2D eigenvalue weighted by molar-refractivity contribution is 6.18. The molecule has 0 fully saturated rings. The van der Waals surface area contributed by atoms with Crippen molar-refractivity contribution < 1.29 is 0 Å². The number of hydrogen-bond acceptors (Lipinski definition) is 0. The summed E-state index contributed by atoms with van der Waals surface area (Å²) in [6.45, 7) is 0. The van der Waals surface area contributed by atoms with Gasteiger partial charge in [-0.05, 0) is 47.2 Å². The van der Waals surface area contributed by atoms with E-state index >= 15 is 0 Å². The quantitative estimate of drug-likeness (QED) is 0.271. The number of aromatic nitrogens is 2. The minimum atomic E-state index is 1.20. The monoisotopic (exact) mass is 396 g/mol. The van der Waals surface area contributed by atoms with Crippen LogP contribution in [0.25, 0.3) is 60.1 Å². The number of benzene rings is 5. The Kier molecular flexibility index (Phi) is 3.23. The molecular formula is C29H20N2. The van der Waals surface area contributed by atoms with Crippen molar-refractivity contribution in [2.75, 3.05) is 0 Å². The topological polar surface area (TPSA) is 9.86 Å². The van der Waals surface area contributed by atoms with E-state index < -0.39 is 0 Å². The first kappa shape index (κ1) is 16.7. The fraction of sp³-hybridized carbons (Fsp3) is 0.0345. The molecule has 0 saturated carbocycles. The smallest absolute Gasteiger partial charge is 0.0548 e. The van der Waals surface area contributed by atoms with Crippen molar-refractivity contribution in [3.8, 4) is 5.69 Å². The molecular weight excluding hydrogens is 376 g/mol. The average Bonchev–Trinajstić information content (AvgIpc) is 3.30. The normalized spacial score (nSPS) is 12.0. The van der Waals surface area contributed by atoms with E-state index in [9.17, 15) is 0 Å². The number of aryl methyl sites for hydroxylation is 1. The van der Waals surface area contributed by atoms with E-state index in [0.717, 1.165) is 0 Å². The van der Waals surface area contributed by atoms with Gasteiger partial charge in [-0.2, -0.15) is 0 Å². The van der Waals surface area contributed by atoms with Gasteiger partial charge in [0.2, 0.25) is 0 Å². The van der Waals surface area contributed by atoms with E-state index in [4.69, 9.17) is 0 Å². The molecule has 2 heterocycles. The fourth-order valence-electron chi connectivity index (χ4n) is 5.21. The van der Waals surface area contributed by atoms with Crippen molar-refractivity contribution in [1.29, 1.82) is 0 Å². The first-order valence-corrected chi connectivity index (χ1v) is 10.7. The van der Waals surface area contributed by atoms with Crippen LogP contribution in [0.1, 0.15) is 0 Å². The third-order valence-corrected chi connectivity index (χ3v) is 6.70. The lowest BCUT2D eigenvalue weighted by molar-refractivity contribution is 1.02. The molecule has 5 aromatic carbocycles. The van der Waals surface area contributed by atoms with Gasteiger partial charge in [-0.15, -0.1) is 0 Å². The minimum Gasteiger partial charge on any atom is -0.344 e. The third kappa shape index (κ3) is 2.22. The van der Waals surface area contributed by atoms with Crippen LogP contribution in [0.3, 0.4) is 0 Å². The molecule has 7 aromatic rings. The Balaban J connectivity index is 1.67. The summed E-state index contributed by atoms with van der Waals surface area (Å²) in [6, 6.07) is 37.5. The van der Waals surface area contributed by atoms with Crippen LogP contribution in [0.15, 0.2) is 103 Å². The molecule has 2 nitrogen and oxygen atoms in total. The molecule has 0 aliphatic heterocycles. The summed E-state index contributed by atoms with van der Waals surface area (Å²) in [5, 5.41) is 7.72. The number of hydrogen-bond donors (Lipinski definition) is 0. The zero-order valence-electron chi connectivity index (χ0n) is 17.2. The van der Waals surface area contributed by atoms with E-state index in [2.05, 4.69) is 119 Å². The molecule has 0 saturated heterocycles. The highest BCUT2D eigenvalue weighted by atomic mass is 15.0. The molecule has 0 spiro atoms. The lowest BCUT2D eigenvalue weighted by Gasteiger charge is -2.09. The summed E-state index contributed by atoms with van der Waals surface area (Å²) in [5.74, 6) is 0. The van der Waals surface area contributed by atoms with Crippen LogP contribution in [0.4, 0.5) is 0 Å². The molecule has 0 atom stereocenters. The van der Waals surface area contributed by atoms with Crippen molar-refractivity contribution >= 4 is 54.4 Å². The maximum atomic E-state index is 2.42. The SMILES string of the molecule is Cn1c2ccccc2c2cc3c(cc21)c1ccccc1n3-c1ccc2ccccc2c1. The molecule has 146 valence electrons. The third-order valence-electron chi connectivity index (χ3n) is 6.70. The second-order valence-electron chi connectivity index (χ2n) is 8.35. The summed E-state index contributed by atoms with van der Waals surface area (Å²) in [7, 11) is 2.17. The van der Waals surface area contributed by atoms with Crippen LogP contribution >= 0.6 is 0 Å². The Labute approximate surface area is 179 Å². The van der Waals surface area contributed by atoms with Crippen LogP contribution in [0.5, 0.6) is 0 Å². The molecule has 0 aliphatic carbocycles. The fourth-order valence-corrected chi connectivity index (χ4v) is 5.21. The van der Waals surface area contributed by atoms with Gasteiger partial charge in [0, 0.05) is 45.3 Å². The molecule has 31 heavy (non-hydrogen) atoms. The molecule has 0 amide bonds. The number of nitrogens with zero attached hydrogens (tertiary/aromatic N) is 2. The van der Waals surface area contributed by atoms with Gasteiger partial charge in [-0.3, -0.25) is 0 Å². The summed E-state index contributed by atoms with van der Waals surface area (Å²) in [4.78, 5) is 0. The standard InChI is InChI=1S/C29H20N2/c1-30-26-12-6-4-10-22(26)24-18-29-25(17-28(24)30)23-11-5-7-13-27(23)31(29)21-15-14-19-8-2-3-9-20(19)16-21/h2-18H,1H3. The van der Waals surface area contributed by atoms with Crippen molar-refractivity contribution in [1.82, 2.24) is 9.13 Å². The maximum Gasteiger partial charge on any atom is 0.0548 e. The summed E-state index contributed by atoms with van der Waals surface area (Å²) < 4.78 is 4.73. The van der Waals surface area contributed by atoms with Crippen LogP contribution < -0.4 is 0 Å². The first-order chi connectivity index (χ1) is 15.3. The van der Waals surface area contributed by atoms with E-state index in [1.165, 1.54) is 60.1 Å². The van der Waals surface area contributed by atoms with E-state index in [1.54, 1.807) is 0 Å². The first-order valence-electron chi connectivity index (χ1n) is 10.7. The van der Waals surface area contributed by atoms with E-state index in [1.807, 2.05) is 0 Å². The Morgan fingerprint density at radius 1 is 0.452 bits per heavy atom. The van der Waals surface area contributed by atoms with Crippen LogP contribution in [0, 0.1) is 0 Å². The number of para-hydroxylation sites is 2. The van der Waals surface area contributed by atoms with Gasteiger partial charge in [0.25, 0.3) is 0 Å². The predicted octanol–water partition coefficient (Wildman–Crippen LogP) is 7.58.